The van der Waals surface area contributed by atoms with Crippen LogP contribution < -0.4 is 0 Å². The maximum absolute atomic E-state index is 9.92. The molecular formula is C14H13IOS. The molecule has 17 heavy (non-hydrogen) atoms. The minimum atomic E-state index is 0.368. The van der Waals surface area contributed by atoms with E-state index in [9.17, 15) is 5.11 Å². The smallest absolute Gasteiger partial charge is 0.129 e. The molecule has 2 aromatic carbocycles. The second-order valence-electron chi connectivity index (χ2n) is 3.71. The summed E-state index contributed by atoms with van der Waals surface area (Å²) in [6.07, 6.45) is 0.946. The van der Waals surface area contributed by atoms with Gasteiger partial charge in [0.25, 0.3) is 0 Å². The molecule has 2 aromatic rings. The third-order valence-corrected chi connectivity index (χ3v) is 4.27. The van der Waals surface area contributed by atoms with Crippen molar-refractivity contribution in [1.29, 1.82) is 0 Å². The molecule has 0 fully saturated rings. The van der Waals surface area contributed by atoms with Crippen LogP contribution in [0.15, 0.2) is 52.3 Å². The van der Waals surface area contributed by atoms with E-state index in [4.69, 9.17) is 0 Å². The maximum atomic E-state index is 9.92. The topological polar surface area (TPSA) is 20.2 Å². The summed E-state index contributed by atoms with van der Waals surface area (Å²) in [6, 6.07) is 14.2. The second kappa shape index (κ2) is 5.78. The molecule has 1 N–H and O–H groups in total. The van der Waals surface area contributed by atoms with E-state index in [1.165, 1.54) is 3.57 Å². The highest BCUT2D eigenvalue weighted by molar-refractivity contribution is 14.1. The number of hydrogen-bond donors (Lipinski definition) is 1. The molecule has 0 aliphatic heterocycles. The van der Waals surface area contributed by atoms with Crippen LogP contribution in [0.25, 0.3) is 0 Å². The van der Waals surface area contributed by atoms with Crippen LogP contribution in [0.4, 0.5) is 0 Å². The number of rotatable bonds is 3. The predicted octanol–water partition coefficient (Wildman–Crippen LogP) is 4.71. The Hall–Kier alpha value is -0.680. The van der Waals surface area contributed by atoms with Gasteiger partial charge in [0, 0.05) is 8.47 Å². The fourth-order valence-corrected chi connectivity index (χ4v) is 2.68. The zero-order valence-corrected chi connectivity index (χ0v) is 12.5. The largest absolute Gasteiger partial charge is 0.507 e. The van der Waals surface area contributed by atoms with Crippen molar-refractivity contribution in [3.63, 3.8) is 0 Å². The highest BCUT2D eigenvalue weighted by Gasteiger charge is 2.04. The summed E-state index contributed by atoms with van der Waals surface area (Å²) in [5.41, 5.74) is 1.16. The molecule has 0 aliphatic rings. The third-order valence-electron chi connectivity index (χ3n) is 2.47. The first-order chi connectivity index (χ1) is 8.19. The summed E-state index contributed by atoms with van der Waals surface area (Å²) in [5, 5.41) is 9.92. The van der Waals surface area contributed by atoms with Crippen LogP contribution >= 0.6 is 34.4 Å². The van der Waals surface area contributed by atoms with Crippen LogP contribution in [0.1, 0.15) is 12.5 Å². The third kappa shape index (κ3) is 3.39. The molecule has 0 amide bonds. The molecule has 1 nitrogen and oxygen atoms in total. The lowest BCUT2D eigenvalue weighted by atomic mass is 10.2. The van der Waals surface area contributed by atoms with Crippen LogP contribution in [0.3, 0.4) is 0 Å². The first-order valence-corrected chi connectivity index (χ1v) is 7.34. The molecule has 0 aromatic heterocycles. The van der Waals surface area contributed by atoms with Crippen molar-refractivity contribution in [2.75, 3.05) is 0 Å². The molecule has 88 valence electrons. The molecule has 0 saturated heterocycles. The first-order valence-electron chi connectivity index (χ1n) is 5.44. The zero-order chi connectivity index (χ0) is 12.3. The van der Waals surface area contributed by atoms with Gasteiger partial charge in [0.05, 0.1) is 4.90 Å². The van der Waals surface area contributed by atoms with Crippen molar-refractivity contribution in [1.82, 2.24) is 0 Å². The van der Waals surface area contributed by atoms with Crippen molar-refractivity contribution >= 4 is 34.4 Å². The van der Waals surface area contributed by atoms with Gasteiger partial charge >= 0.3 is 0 Å². The Bertz CT molecular complexity index is 508. The van der Waals surface area contributed by atoms with Crippen LogP contribution in [-0.4, -0.2) is 5.11 Å². The fraction of sp³-hybridized carbons (Fsp3) is 0.143. The Morgan fingerprint density at radius 2 is 1.82 bits per heavy atom. The molecule has 0 bridgehead atoms. The van der Waals surface area contributed by atoms with Gasteiger partial charge in [0.2, 0.25) is 0 Å². The van der Waals surface area contributed by atoms with E-state index in [-0.39, 0.29) is 0 Å². The normalized spacial score (nSPS) is 10.5. The quantitative estimate of drug-likeness (QED) is 0.804. The average Bonchev–Trinajstić information content (AvgIpc) is 2.34. The number of phenolic OH excluding ortho intramolecular Hbond substituents is 1. The van der Waals surface area contributed by atoms with Gasteiger partial charge in [-0.1, -0.05) is 24.8 Å². The van der Waals surface area contributed by atoms with E-state index in [2.05, 4.69) is 59.8 Å². The number of hydrogen-bond acceptors (Lipinski definition) is 2. The fourth-order valence-electron chi connectivity index (χ4n) is 1.50. The van der Waals surface area contributed by atoms with Crippen LogP contribution in [0.5, 0.6) is 5.75 Å². The van der Waals surface area contributed by atoms with Crippen LogP contribution in [-0.2, 0) is 6.42 Å². The maximum Gasteiger partial charge on any atom is 0.129 e. The molecule has 2 rings (SSSR count). The summed E-state index contributed by atoms with van der Waals surface area (Å²) < 4.78 is 1.22. The van der Waals surface area contributed by atoms with Crippen LogP contribution in [0, 0.1) is 3.57 Å². The lowest BCUT2D eigenvalue weighted by Gasteiger charge is -2.06. The van der Waals surface area contributed by atoms with Gasteiger partial charge in [-0.15, -0.1) is 0 Å². The molecule has 0 atom stereocenters. The minimum absolute atomic E-state index is 0.368. The number of halogens is 1. The second-order valence-corrected chi connectivity index (χ2v) is 6.07. The van der Waals surface area contributed by atoms with E-state index in [0.29, 0.717) is 5.75 Å². The van der Waals surface area contributed by atoms with Gasteiger partial charge < -0.3 is 5.11 Å². The summed E-state index contributed by atoms with van der Waals surface area (Å²) in [6.45, 7) is 2.08. The summed E-state index contributed by atoms with van der Waals surface area (Å²) >= 11 is 3.87. The van der Waals surface area contributed by atoms with Crippen LogP contribution in [0.2, 0.25) is 0 Å². The number of aryl methyl sites for hydroxylation is 1. The van der Waals surface area contributed by atoms with E-state index >= 15 is 0 Å². The lowest BCUT2D eigenvalue weighted by Crippen LogP contribution is -1.81. The Kier molecular flexibility index (Phi) is 4.34. The van der Waals surface area contributed by atoms with Crippen molar-refractivity contribution in [3.05, 3.63) is 51.6 Å². The highest BCUT2D eigenvalue weighted by Crippen LogP contribution is 2.35. The van der Waals surface area contributed by atoms with Gasteiger partial charge in [-0.2, -0.15) is 0 Å². The van der Waals surface area contributed by atoms with Gasteiger partial charge in [0.1, 0.15) is 5.75 Å². The van der Waals surface area contributed by atoms with Crippen molar-refractivity contribution in [2.24, 2.45) is 0 Å². The van der Waals surface area contributed by atoms with Crippen molar-refractivity contribution in [3.8, 4) is 5.75 Å². The van der Waals surface area contributed by atoms with Crippen molar-refractivity contribution < 1.29 is 5.11 Å². The monoisotopic (exact) mass is 356 g/mol. The van der Waals surface area contributed by atoms with Gasteiger partial charge in [-0.25, -0.2) is 0 Å². The Morgan fingerprint density at radius 3 is 2.41 bits per heavy atom. The summed E-state index contributed by atoms with van der Waals surface area (Å²) in [7, 11) is 0. The average molecular weight is 356 g/mol. The van der Waals surface area contributed by atoms with E-state index in [1.54, 1.807) is 11.8 Å². The molecular weight excluding hydrogens is 343 g/mol. The van der Waals surface area contributed by atoms with Gasteiger partial charge in [-0.05, 0) is 71.0 Å². The lowest BCUT2D eigenvalue weighted by molar-refractivity contribution is 0.461. The van der Waals surface area contributed by atoms with E-state index in [1.807, 2.05) is 12.1 Å². The molecule has 3 heteroatoms. The number of phenols is 1. The summed E-state index contributed by atoms with van der Waals surface area (Å²) in [5.74, 6) is 0.368. The molecule has 0 aliphatic carbocycles. The molecule has 0 unspecified atom stereocenters. The Labute approximate surface area is 119 Å². The standard InChI is InChI=1S/C14H13IOS/c1-2-10-3-8-14(13(16)9-10)17-12-6-4-11(15)5-7-12/h3-9,16H,2H2,1H3. The van der Waals surface area contributed by atoms with E-state index in [0.717, 1.165) is 21.8 Å². The van der Waals surface area contributed by atoms with Gasteiger partial charge in [-0.3, -0.25) is 0 Å². The molecule has 0 spiro atoms. The summed E-state index contributed by atoms with van der Waals surface area (Å²) in [4.78, 5) is 2.05. The minimum Gasteiger partial charge on any atom is -0.507 e. The Balaban J connectivity index is 2.21. The molecule has 0 heterocycles. The Morgan fingerprint density at radius 1 is 1.12 bits per heavy atom. The van der Waals surface area contributed by atoms with Gasteiger partial charge in [0.15, 0.2) is 0 Å². The SMILES string of the molecule is CCc1ccc(Sc2ccc(I)cc2)c(O)c1. The zero-order valence-electron chi connectivity index (χ0n) is 9.48. The van der Waals surface area contributed by atoms with E-state index < -0.39 is 0 Å². The first kappa shape index (κ1) is 12.8. The number of benzene rings is 2. The predicted molar refractivity (Wildman–Crippen MR) is 80.8 cm³/mol. The van der Waals surface area contributed by atoms with Crippen molar-refractivity contribution in [2.45, 2.75) is 23.1 Å². The molecule has 0 radical (unpaired) electrons. The molecule has 0 saturated carbocycles. The highest BCUT2D eigenvalue weighted by atomic mass is 127. The number of aromatic hydroxyl groups is 1.